The molecule has 25 heavy (non-hydrogen) atoms. The first kappa shape index (κ1) is 21.6. The Morgan fingerprint density at radius 3 is 1.80 bits per heavy atom. The molecule has 0 bridgehead atoms. The minimum absolute atomic E-state index is 0.476. The fourth-order valence-corrected chi connectivity index (χ4v) is 2.87. The van der Waals surface area contributed by atoms with Crippen LogP contribution in [0.15, 0.2) is 36.0 Å². The highest BCUT2D eigenvalue weighted by molar-refractivity contribution is 5.53. The largest absolute Gasteiger partial charge is 0.431 e. The summed E-state index contributed by atoms with van der Waals surface area (Å²) >= 11 is 0. The van der Waals surface area contributed by atoms with Crippen LogP contribution in [0.1, 0.15) is 70.8 Å². The van der Waals surface area contributed by atoms with E-state index in [1.54, 1.807) is 29.2 Å². The van der Waals surface area contributed by atoms with Crippen LogP contribution in [0.3, 0.4) is 0 Å². The summed E-state index contributed by atoms with van der Waals surface area (Å²) in [6.07, 6.45) is 4.88. The summed E-state index contributed by atoms with van der Waals surface area (Å²) in [5.74, 6) is 0. The molecule has 0 aromatic heterocycles. The van der Waals surface area contributed by atoms with Gasteiger partial charge < -0.3 is 4.90 Å². The normalized spacial score (nSPS) is 12.4. The van der Waals surface area contributed by atoms with Gasteiger partial charge in [0.15, 0.2) is 0 Å². The summed E-state index contributed by atoms with van der Waals surface area (Å²) in [5.41, 5.74) is 0.0913. The summed E-state index contributed by atoms with van der Waals surface area (Å²) < 4.78 is 41.1. The second-order valence-electron chi connectivity index (χ2n) is 6.55. The second kappa shape index (κ2) is 12.0. The number of benzene rings is 1. The van der Waals surface area contributed by atoms with Crippen molar-refractivity contribution in [2.45, 2.75) is 71.4 Å². The van der Waals surface area contributed by atoms with Crippen molar-refractivity contribution in [2.24, 2.45) is 0 Å². The van der Waals surface area contributed by atoms with E-state index in [0.29, 0.717) is 18.7 Å². The molecule has 0 saturated carbocycles. The Bertz CT molecular complexity index is 468. The van der Waals surface area contributed by atoms with E-state index in [1.807, 2.05) is 6.07 Å². The summed E-state index contributed by atoms with van der Waals surface area (Å²) in [4.78, 5) is 1.55. The zero-order chi connectivity index (χ0) is 18.5. The van der Waals surface area contributed by atoms with Crippen LogP contribution < -0.4 is 0 Å². The number of hydrogen-bond acceptors (Lipinski definition) is 1. The van der Waals surface area contributed by atoms with E-state index in [1.165, 1.54) is 6.08 Å². The lowest BCUT2D eigenvalue weighted by Crippen LogP contribution is -2.33. The number of nitrogens with zero attached hydrogens (tertiary/aromatic N) is 1. The molecule has 1 aromatic rings. The minimum Gasteiger partial charge on any atom is -0.368 e. The molecule has 142 valence electrons. The van der Waals surface area contributed by atoms with Crippen LogP contribution in [-0.2, 0) is 0 Å². The Morgan fingerprint density at radius 2 is 1.36 bits per heavy atom. The van der Waals surface area contributed by atoms with Crippen molar-refractivity contribution in [1.29, 1.82) is 0 Å². The SMILES string of the molecule is CCCCCCN(CCCCCC)/C(=C/c1ccccc1)C(F)(F)F. The van der Waals surface area contributed by atoms with E-state index in [-0.39, 0.29) is 0 Å². The summed E-state index contributed by atoms with van der Waals surface area (Å²) in [6, 6.07) is 8.80. The topological polar surface area (TPSA) is 3.24 Å². The lowest BCUT2D eigenvalue weighted by Gasteiger charge is -2.29. The highest BCUT2D eigenvalue weighted by Crippen LogP contribution is 2.31. The van der Waals surface area contributed by atoms with E-state index in [2.05, 4.69) is 13.8 Å². The zero-order valence-electron chi connectivity index (χ0n) is 15.6. The Balaban J connectivity index is 2.90. The number of hydrogen-bond donors (Lipinski definition) is 0. The van der Waals surface area contributed by atoms with Gasteiger partial charge in [-0.3, -0.25) is 0 Å². The Kier molecular flexibility index (Phi) is 10.4. The van der Waals surface area contributed by atoms with Crippen molar-refractivity contribution in [3.05, 3.63) is 41.6 Å². The fraction of sp³-hybridized carbons (Fsp3) is 0.619. The van der Waals surface area contributed by atoms with Crippen molar-refractivity contribution in [3.8, 4) is 0 Å². The van der Waals surface area contributed by atoms with E-state index >= 15 is 0 Å². The molecule has 1 aromatic carbocycles. The molecule has 0 fully saturated rings. The number of allylic oxidation sites excluding steroid dienone is 1. The van der Waals surface area contributed by atoms with Gasteiger partial charge in [0.25, 0.3) is 0 Å². The fourth-order valence-electron chi connectivity index (χ4n) is 2.87. The van der Waals surface area contributed by atoms with Gasteiger partial charge in [-0.05, 0) is 24.5 Å². The molecular weight excluding hydrogens is 323 g/mol. The van der Waals surface area contributed by atoms with E-state index in [0.717, 1.165) is 51.4 Å². The van der Waals surface area contributed by atoms with Crippen molar-refractivity contribution in [1.82, 2.24) is 4.90 Å². The first-order valence-corrected chi connectivity index (χ1v) is 9.58. The Morgan fingerprint density at radius 1 is 0.840 bits per heavy atom. The van der Waals surface area contributed by atoms with Gasteiger partial charge in [-0.1, -0.05) is 82.7 Å². The van der Waals surface area contributed by atoms with Crippen molar-refractivity contribution < 1.29 is 13.2 Å². The maximum atomic E-state index is 13.7. The van der Waals surface area contributed by atoms with Gasteiger partial charge in [0.05, 0.1) is 0 Å². The maximum absolute atomic E-state index is 13.7. The molecule has 0 unspecified atom stereocenters. The van der Waals surface area contributed by atoms with Crippen LogP contribution in [0, 0.1) is 0 Å². The molecule has 0 heterocycles. The van der Waals surface area contributed by atoms with Crippen LogP contribution in [0.25, 0.3) is 6.08 Å². The Labute approximate surface area is 150 Å². The first-order chi connectivity index (χ1) is 12.0. The third-order valence-corrected chi connectivity index (χ3v) is 4.30. The van der Waals surface area contributed by atoms with Crippen LogP contribution in [-0.4, -0.2) is 24.2 Å². The Hall–Kier alpha value is -1.45. The van der Waals surface area contributed by atoms with E-state index in [9.17, 15) is 13.2 Å². The average Bonchev–Trinajstić information content (AvgIpc) is 2.59. The number of unbranched alkanes of at least 4 members (excludes halogenated alkanes) is 6. The van der Waals surface area contributed by atoms with Gasteiger partial charge in [0.1, 0.15) is 5.70 Å². The van der Waals surface area contributed by atoms with Crippen molar-refractivity contribution in [2.75, 3.05) is 13.1 Å². The van der Waals surface area contributed by atoms with Crippen LogP contribution in [0.5, 0.6) is 0 Å². The molecule has 1 nitrogen and oxygen atoms in total. The maximum Gasteiger partial charge on any atom is 0.431 e. The number of rotatable bonds is 12. The third kappa shape index (κ3) is 8.99. The zero-order valence-corrected chi connectivity index (χ0v) is 15.6. The van der Waals surface area contributed by atoms with Gasteiger partial charge in [-0.2, -0.15) is 13.2 Å². The molecule has 0 spiro atoms. The summed E-state index contributed by atoms with van der Waals surface area (Å²) in [6.45, 7) is 5.17. The molecule has 0 radical (unpaired) electrons. The lowest BCUT2D eigenvalue weighted by molar-refractivity contribution is -0.110. The van der Waals surface area contributed by atoms with Crippen molar-refractivity contribution >= 4 is 6.08 Å². The predicted octanol–water partition coefficient (Wildman–Crippen LogP) is 7.05. The van der Waals surface area contributed by atoms with Crippen LogP contribution in [0.2, 0.25) is 0 Å². The summed E-state index contributed by atoms with van der Waals surface area (Å²) in [7, 11) is 0. The first-order valence-electron chi connectivity index (χ1n) is 9.58. The quantitative estimate of drug-likeness (QED) is 0.363. The smallest absolute Gasteiger partial charge is 0.368 e. The minimum atomic E-state index is -4.33. The standard InChI is InChI=1S/C21H32F3N/c1-3-5-7-12-16-25(17-13-8-6-4-2)20(21(22,23)24)18-19-14-10-9-11-15-19/h9-11,14-15,18H,3-8,12-13,16-17H2,1-2H3/b20-18+. The molecule has 0 saturated heterocycles. The highest BCUT2D eigenvalue weighted by atomic mass is 19.4. The van der Waals surface area contributed by atoms with E-state index < -0.39 is 11.9 Å². The molecule has 0 aliphatic carbocycles. The van der Waals surface area contributed by atoms with Gasteiger partial charge >= 0.3 is 6.18 Å². The third-order valence-electron chi connectivity index (χ3n) is 4.30. The van der Waals surface area contributed by atoms with Gasteiger partial charge in [-0.25, -0.2) is 0 Å². The lowest BCUT2D eigenvalue weighted by atomic mass is 10.1. The van der Waals surface area contributed by atoms with Crippen molar-refractivity contribution in [3.63, 3.8) is 0 Å². The van der Waals surface area contributed by atoms with Gasteiger partial charge in [0, 0.05) is 13.1 Å². The van der Waals surface area contributed by atoms with Crippen LogP contribution in [0.4, 0.5) is 13.2 Å². The number of halogens is 3. The molecule has 0 atom stereocenters. The van der Waals surface area contributed by atoms with Gasteiger partial charge in [-0.15, -0.1) is 0 Å². The average molecular weight is 355 g/mol. The number of alkyl halides is 3. The molecule has 0 amide bonds. The van der Waals surface area contributed by atoms with E-state index in [4.69, 9.17) is 0 Å². The molecular formula is C21H32F3N. The summed E-state index contributed by atoms with van der Waals surface area (Å²) in [5, 5.41) is 0. The van der Waals surface area contributed by atoms with Crippen LogP contribution >= 0.6 is 0 Å². The monoisotopic (exact) mass is 355 g/mol. The highest BCUT2D eigenvalue weighted by Gasteiger charge is 2.37. The molecule has 0 aliphatic heterocycles. The molecule has 4 heteroatoms. The molecule has 1 rings (SSSR count). The molecule has 0 aliphatic rings. The molecule has 0 N–H and O–H groups in total. The van der Waals surface area contributed by atoms with Gasteiger partial charge in [0.2, 0.25) is 0 Å². The predicted molar refractivity (Wildman–Crippen MR) is 100 cm³/mol. The second-order valence-corrected chi connectivity index (χ2v) is 6.55.